The predicted molar refractivity (Wildman–Crippen MR) is 92.8 cm³/mol. The second kappa shape index (κ2) is 6.23. The Bertz CT molecular complexity index is 757. The van der Waals surface area contributed by atoms with E-state index in [1.54, 1.807) is 0 Å². The molecule has 2 heterocycles. The molecule has 1 saturated heterocycles. The maximum absolute atomic E-state index is 12.5. The first-order valence-corrected chi connectivity index (χ1v) is 8.60. The molecule has 0 radical (unpaired) electrons. The van der Waals surface area contributed by atoms with Crippen molar-refractivity contribution in [1.29, 1.82) is 0 Å². The fourth-order valence-corrected chi connectivity index (χ4v) is 3.18. The minimum Gasteiger partial charge on any atom is -0.345 e. The Hall–Kier alpha value is -2.43. The van der Waals surface area contributed by atoms with Crippen molar-refractivity contribution in [2.75, 3.05) is 24.5 Å². The molecule has 0 atom stereocenters. The summed E-state index contributed by atoms with van der Waals surface area (Å²) in [5.74, 6) is 2.51. The molecule has 2 fully saturated rings. The Kier molecular flexibility index (Phi) is 3.92. The van der Waals surface area contributed by atoms with Gasteiger partial charge in [-0.1, -0.05) is 29.8 Å². The highest BCUT2D eigenvalue weighted by molar-refractivity contribution is 5.82. The zero-order valence-corrected chi connectivity index (χ0v) is 14.0. The highest BCUT2D eigenvalue weighted by Crippen LogP contribution is 2.38. The van der Waals surface area contributed by atoms with E-state index in [1.165, 1.54) is 24.0 Å². The third-order valence-corrected chi connectivity index (χ3v) is 4.70. The van der Waals surface area contributed by atoms with E-state index >= 15 is 0 Å². The Morgan fingerprint density at radius 3 is 2.83 bits per heavy atom. The van der Waals surface area contributed by atoms with Crippen LogP contribution in [0.2, 0.25) is 0 Å². The number of carbonyl (C=O) groups is 1. The summed E-state index contributed by atoms with van der Waals surface area (Å²) in [7, 11) is 0. The number of anilines is 1. The van der Waals surface area contributed by atoms with Crippen molar-refractivity contribution in [3.05, 3.63) is 53.5 Å². The third-order valence-electron chi connectivity index (χ3n) is 4.70. The molecule has 0 N–H and O–H groups in total. The highest BCUT2D eigenvalue weighted by Gasteiger charge is 2.29. The summed E-state index contributed by atoms with van der Waals surface area (Å²) in [5, 5.41) is 0. The van der Waals surface area contributed by atoms with Crippen LogP contribution < -0.4 is 4.90 Å². The van der Waals surface area contributed by atoms with Gasteiger partial charge in [-0.3, -0.25) is 4.79 Å². The van der Waals surface area contributed by atoms with E-state index < -0.39 is 0 Å². The molecule has 1 aromatic carbocycles. The first kappa shape index (κ1) is 15.1. The van der Waals surface area contributed by atoms with Crippen molar-refractivity contribution in [3.8, 4) is 0 Å². The molecular weight excluding hydrogens is 300 g/mol. The van der Waals surface area contributed by atoms with E-state index in [0.717, 1.165) is 24.7 Å². The number of benzene rings is 1. The lowest BCUT2D eigenvalue weighted by Crippen LogP contribution is -2.50. The van der Waals surface area contributed by atoms with Crippen LogP contribution in [0, 0.1) is 6.92 Å². The lowest BCUT2D eigenvalue weighted by Gasteiger charge is -2.35. The van der Waals surface area contributed by atoms with Gasteiger partial charge in [0.1, 0.15) is 11.6 Å². The van der Waals surface area contributed by atoms with Crippen LogP contribution in [0.3, 0.4) is 0 Å². The predicted octanol–water partition coefficient (Wildman–Crippen LogP) is 2.51. The molecule has 4 rings (SSSR count). The molecular formula is C19H22N4O. The summed E-state index contributed by atoms with van der Waals surface area (Å²) < 4.78 is 0. The van der Waals surface area contributed by atoms with Gasteiger partial charge in [0.2, 0.25) is 5.91 Å². The minimum absolute atomic E-state index is 0.161. The monoisotopic (exact) mass is 322 g/mol. The Balaban J connectivity index is 1.42. The number of piperazine rings is 1. The Morgan fingerprint density at radius 2 is 2.08 bits per heavy atom. The van der Waals surface area contributed by atoms with Crippen LogP contribution in [0.5, 0.6) is 0 Å². The maximum Gasteiger partial charge on any atom is 0.242 e. The van der Waals surface area contributed by atoms with Crippen LogP contribution >= 0.6 is 0 Å². The quantitative estimate of drug-likeness (QED) is 0.868. The smallest absolute Gasteiger partial charge is 0.242 e. The third kappa shape index (κ3) is 3.25. The maximum atomic E-state index is 12.5. The molecule has 1 aliphatic carbocycles. The summed E-state index contributed by atoms with van der Waals surface area (Å²) >= 11 is 0. The lowest BCUT2D eigenvalue weighted by molar-refractivity contribution is -0.131. The summed E-state index contributed by atoms with van der Waals surface area (Å²) in [4.78, 5) is 25.6. The average Bonchev–Trinajstić information content (AvgIpc) is 3.42. The SMILES string of the molecule is Cc1cccc(CN2CCN(c3ccnc(C4CC4)n3)CC2=O)c1. The van der Waals surface area contributed by atoms with E-state index in [4.69, 9.17) is 0 Å². The van der Waals surface area contributed by atoms with Gasteiger partial charge in [-0.2, -0.15) is 0 Å². The van der Waals surface area contributed by atoms with Gasteiger partial charge >= 0.3 is 0 Å². The number of nitrogens with zero attached hydrogens (tertiary/aromatic N) is 4. The first-order valence-electron chi connectivity index (χ1n) is 8.60. The average molecular weight is 322 g/mol. The number of aromatic nitrogens is 2. The zero-order chi connectivity index (χ0) is 16.5. The Morgan fingerprint density at radius 1 is 1.21 bits per heavy atom. The van der Waals surface area contributed by atoms with Crippen molar-refractivity contribution >= 4 is 11.7 Å². The number of hydrogen-bond donors (Lipinski definition) is 0. The summed E-state index contributed by atoms with van der Waals surface area (Å²) in [6.07, 6.45) is 4.19. The van der Waals surface area contributed by atoms with Crippen LogP contribution in [-0.2, 0) is 11.3 Å². The van der Waals surface area contributed by atoms with Crippen molar-refractivity contribution in [2.45, 2.75) is 32.2 Å². The number of aryl methyl sites for hydroxylation is 1. The molecule has 2 aromatic rings. The fraction of sp³-hybridized carbons (Fsp3) is 0.421. The van der Waals surface area contributed by atoms with Gasteiger partial charge < -0.3 is 9.80 Å². The van der Waals surface area contributed by atoms with E-state index in [2.05, 4.69) is 40.0 Å². The molecule has 0 unspecified atom stereocenters. The molecule has 0 spiro atoms. The van der Waals surface area contributed by atoms with Crippen LogP contribution in [0.25, 0.3) is 0 Å². The van der Waals surface area contributed by atoms with Crippen LogP contribution in [0.1, 0.15) is 35.7 Å². The van der Waals surface area contributed by atoms with Gasteiger partial charge in [0.05, 0.1) is 6.54 Å². The standard InChI is InChI=1S/C19H22N4O/c1-14-3-2-4-15(11-14)12-23-10-9-22(13-18(23)24)17-7-8-20-19(21-17)16-5-6-16/h2-4,7-8,11,16H,5-6,9-10,12-13H2,1H3. The van der Waals surface area contributed by atoms with Crippen molar-refractivity contribution in [2.24, 2.45) is 0 Å². The van der Waals surface area contributed by atoms with Crippen LogP contribution in [0.15, 0.2) is 36.5 Å². The van der Waals surface area contributed by atoms with Crippen molar-refractivity contribution < 1.29 is 4.79 Å². The zero-order valence-electron chi connectivity index (χ0n) is 14.0. The number of carbonyl (C=O) groups excluding carboxylic acids is 1. The van der Waals surface area contributed by atoms with Gasteiger partial charge in [0.25, 0.3) is 0 Å². The van der Waals surface area contributed by atoms with Gasteiger partial charge in [-0.25, -0.2) is 9.97 Å². The van der Waals surface area contributed by atoms with E-state index in [1.807, 2.05) is 23.2 Å². The van der Waals surface area contributed by atoms with Gasteiger partial charge in [-0.05, 0) is 31.4 Å². The normalized spacial score (nSPS) is 18.1. The molecule has 1 aromatic heterocycles. The molecule has 5 nitrogen and oxygen atoms in total. The second-order valence-corrected chi connectivity index (χ2v) is 6.77. The van der Waals surface area contributed by atoms with Crippen LogP contribution in [0.4, 0.5) is 5.82 Å². The largest absolute Gasteiger partial charge is 0.345 e. The Labute approximate surface area is 142 Å². The number of amides is 1. The minimum atomic E-state index is 0.161. The molecule has 24 heavy (non-hydrogen) atoms. The van der Waals surface area contributed by atoms with Gasteiger partial charge in [0.15, 0.2) is 0 Å². The molecule has 1 aliphatic heterocycles. The molecule has 1 saturated carbocycles. The lowest BCUT2D eigenvalue weighted by atomic mass is 10.1. The number of rotatable bonds is 4. The summed E-state index contributed by atoms with van der Waals surface area (Å²) in [6, 6.07) is 10.3. The topological polar surface area (TPSA) is 49.3 Å². The van der Waals surface area contributed by atoms with Gasteiger partial charge in [0, 0.05) is 31.7 Å². The second-order valence-electron chi connectivity index (χ2n) is 6.77. The van der Waals surface area contributed by atoms with E-state index in [-0.39, 0.29) is 5.91 Å². The van der Waals surface area contributed by atoms with E-state index in [0.29, 0.717) is 19.0 Å². The highest BCUT2D eigenvalue weighted by atomic mass is 16.2. The summed E-state index contributed by atoms with van der Waals surface area (Å²) in [5.41, 5.74) is 2.42. The molecule has 1 amide bonds. The first-order chi connectivity index (χ1) is 11.7. The molecule has 0 bridgehead atoms. The van der Waals surface area contributed by atoms with E-state index in [9.17, 15) is 4.79 Å². The molecule has 2 aliphatic rings. The summed E-state index contributed by atoms with van der Waals surface area (Å²) in [6.45, 7) is 4.71. The molecule has 5 heteroatoms. The molecule has 124 valence electrons. The van der Waals surface area contributed by atoms with Gasteiger partial charge in [-0.15, -0.1) is 0 Å². The van der Waals surface area contributed by atoms with Crippen molar-refractivity contribution in [1.82, 2.24) is 14.9 Å². The fourth-order valence-electron chi connectivity index (χ4n) is 3.18. The van der Waals surface area contributed by atoms with Crippen LogP contribution in [-0.4, -0.2) is 40.4 Å². The number of hydrogen-bond acceptors (Lipinski definition) is 4. The van der Waals surface area contributed by atoms with Crippen molar-refractivity contribution in [3.63, 3.8) is 0 Å².